The van der Waals surface area contributed by atoms with Gasteiger partial charge in [0.15, 0.2) is 0 Å². The van der Waals surface area contributed by atoms with Crippen LogP contribution < -0.4 is 0 Å². The molecule has 3 rings (SSSR count). The summed E-state index contributed by atoms with van der Waals surface area (Å²) in [4.78, 5) is 18.6. The molecule has 9 heteroatoms. The highest BCUT2D eigenvalue weighted by Crippen LogP contribution is 2.32. The molecule has 0 aliphatic rings. The average Bonchev–Trinajstić information content (AvgIpc) is 2.58. The molecule has 1 aromatic heterocycles. The van der Waals surface area contributed by atoms with Crippen LogP contribution in [0.3, 0.4) is 0 Å². The van der Waals surface area contributed by atoms with Gasteiger partial charge in [-0.1, -0.05) is 28.7 Å². The minimum absolute atomic E-state index is 0.0437. The molecule has 1 heterocycles. The van der Waals surface area contributed by atoms with Crippen molar-refractivity contribution < 1.29 is 31.6 Å². The Balaban J connectivity index is 2.60. The zero-order valence-corrected chi connectivity index (χ0v) is 12.0. The molecule has 0 amide bonds. The minimum Gasteiger partial charge on any atom is -0.249 e. The molecule has 0 radical (unpaired) electrons. The Kier molecular flexibility index (Phi) is 3.66. The largest absolute Gasteiger partial charge is 0.380 e. The smallest absolute Gasteiger partial charge is 0.249 e. The predicted octanol–water partition coefficient (Wildman–Crippen LogP) is 3.02. The standard InChI is InChI=1S/C14H7F2NO5S/c15-21-14(18)12-8-4-1-2-5-9(8)17-10-6-3-7-11(13(10)12)23(19,20)22-16/h1-7H. The van der Waals surface area contributed by atoms with Gasteiger partial charge in [0.1, 0.15) is 4.90 Å². The third-order valence-electron chi connectivity index (χ3n) is 3.29. The number of aromatic nitrogens is 1. The minimum atomic E-state index is -4.79. The Labute approximate surface area is 128 Å². The zero-order chi connectivity index (χ0) is 16.6. The Hall–Kier alpha value is -2.65. The molecule has 0 aliphatic heterocycles. The Bertz CT molecular complexity index is 1040. The van der Waals surface area contributed by atoms with E-state index in [9.17, 15) is 22.3 Å². The molecule has 0 saturated carbocycles. The molecule has 3 aromatic rings. The lowest BCUT2D eigenvalue weighted by atomic mass is 10.0. The molecule has 118 valence electrons. The van der Waals surface area contributed by atoms with Crippen LogP contribution in [0.4, 0.5) is 9.05 Å². The molecule has 6 nitrogen and oxygen atoms in total. The summed E-state index contributed by atoms with van der Waals surface area (Å²) >= 11 is 0. The van der Waals surface area contributed by atoms with E-state index in [1.807, 2.05) is 0 Å². The molecule has 23 heavy (non-hydrogen) atoms. The fraction of sp³-hybridized carbons (Fsp3) is 0. The number of pyridine rings is 1. The number of hydrogen-bond acceptors (Lipinski definition) is 6. The molecule has 0 fully saturated rings. The molecule has 0 aliphatic carbocycles. The van der Waals surface area contributed by atoms with Crippen LogP contribution in [-0.2, 0) is 19.4 Å². The van der Waals surface area contributed by atoms with Crippen molar-refractivity contribution in [2.45, 2.75) is 4.90 Å². The maximum absolute atomic E-state index is 12.5. The van der Waals surface area contributed by atoms with Crippen molar-refractivity contribution in [2.75, 3.05) is 0 Å². The molecule has 0 atom stereocenters. The topological polar surface area (TPSA) is 82.6 Å². The fourth-order valence-corrected chi connectivity index (χ4v) is 3.17. The predicted molar refractivity (Wildman–Crippen MR) is 75.2 cm³/mol. The fourth-order valence-electron chi connectivity index (χ4n) is 2.40. The molecule has 0 bridgehead atoms. The van der Waals surface area contributed by atoms with E-state index in [0.717, 1.165) is 6.07 Å². The first kappa shape index (κ1) is 15.3. The normalized spacial score (nSPS) is 11.7. The lowest BCUT2D eigenvalue weighted by Gasteiger charge is -2.10. The molecule has 0 unspecified atom stereocenters. The number of benzene rings is 2. The van der Waals surface area contributed by atoms with Gasteiger partial charge in [0.05, 0.1) is 16.6 Å². The van der Waals surface area contributed by atoms with Gasteiger partial charge < -0.3 is 0 Å². The van der Waals surface area contributed by atoms with Gasteiger partial charge in [-0.3, -0.25) is 0 Å². The summed E-state index contributed by atoms with van der Waals surface area (Å²) in [6, 6.07) is 9.88. The van der Waals surface area contributed by atoms with E-state index in [1.54, 1.807) is 18.2 Å². The van der Waals surface area contributed by atoms with Crippen LogP contribution in [0.15, 0.2) is 47.4 Å². The summed E-state index contributed by atoms with van der Waals surface area (Å²) in [7, 11) is -4.79. The number of halogens is 2. The SMILES string of the molecule is O=C(OF)c1c2ccccc2nc2cccc(S(=O)(=O)OF)c12. The van der Waals surface area contributed by atoms with E-state index < -0.39 is 21.0 Å². The van der Waals surface area contributed by atoms with Crippen LogP contribution in [0.2, 0.25) is 0 Å². The average molecular weight is 339 g/mol. The third-order valence-corrected chi connectivity index (χ3v) is 4.34. The van der Waals surface area contributed by atoms with Gasteiger partial charge in [0.25, 0.3) is 0 Å². The first-order valence-electron chi connectivity index (χ1n) is 6.19. The number of carbonyl (C=O) groups excluding carboxylic acids is 1. The van der Waals surface area contributed by atoms with Crippen LogP contribution in [-0.4, -0.2) is 19.4 Å². The zero-order valence-electron chi connectivity index (χ0n) is 11.2. The lowest BCUT2D eigenvalue weighted by molar-refractivity contribution is -0.0784. The molecule has 2 aromatic carbocycles. The Morgan fingerprint density at radius 3 is 2.39 bits per heavy atom. The van der Waals surface area contributed by atoms with Crippen LogP contribution in [0.5, 0.6) is 0 Å². The van der Waals surface area contributed by atoms with E-state index in [1.165, 1.54) is 18.2 Å². The summed E-state index contributed by atoms with van der Waals surface area (Å²) < 4.78 is 51.4. The maximum Gasteiger partial charge on any atom is 0.380 e. The van der Waals surface area contributed by atoms with Crippen molar-refractivity contribution in [1.29, 1.82) is 0 Å². The summed E-state index contributed by atoms with van der Waals surface area (Å²) in [6.45, 7) is 0. The van der Waals surface area contributed by atoms with E-state index >= 15 is 0 Å². The maximum atomic E-state index is 12.5. The van der Waals surface area contributed by atoms with Gasteiger partial charge in [0.2, 0.25) is 0 Å². The molecule has 0 N–H and O–H groups in total. The molecule has 0 saturated heterocycles. The van der Waals surface area contributed by atoms with E-state index in [4.69, 9.17) is 0 Å². The van der Waals surface area contributed by atoms with Crippen molar-refractivity contribution in [3.05, 3.63) is 48.0 Å². The van der Waals surface area contributed by atoms with Crippen LogP contribution in [0, 0.1) is 0 Å². The van der Waals surface area contributed by atoms with Crippen molar-refractivity contribution in [2.24, 2.45) is 0 Å². The summed E-state index contributed by atoms with van der Waals surface area (Å²) in [5.41, 5.74) is -0.0253. The van der Waals surface area contributed by atoms with Crippen LogP contribution in [0.25, 0.3) is 21.8 Å². The Morgan fingerprint density at radius 1 is 1.00 bits per heavy atom. The second-order valence-electron chi connectivity index (χ2n) is 4.54. The van der Waals surface area contributed by atoms with Crippen molar-refractivity contribution in [3.8, 4) is 0 Å². The second kappa shape index (κ2) is 5.52. The summed E-state index contributed by atoms with van der Waals surface area (Å²) in [5.74, 6) is -1.42. The number of para-hydroxylation sites is 1. The highest BCUT2D eigenvalue weighted by molar-refractivity contribution is 7.86. The molecular weight excluding hydrogens is 332 g/mol. The molecular formula is C14H7F2NO5S. The highest BCUT2D eigenvalue weighted by atomic mass is 32.2. The number of rotatable bonds is 3. The van der Waals surface area contributed by atoms with E-state index in [0.29, 0.717) is 5.52 Å². The third kappa shape index (κ3) is 2.39. The van der Waals surface area contributed by atoms with Gasteiger partial charge in [0, 0.05) is 15.3 Å². The monoisotopic (exact) mass is 339 g/mol. The van der Waals surface area contributed by atoms with Gasteiger partial charge in [-0.15, -0.1) is 0 Å². The highest BCUT2D eigenvalue weighted by Gasteiger charge is 2.26. The van der Waals surface area contributed by atoms with Gasteiger partial charge in [-0.05, 0) is 22.7 Å². The van der Waals surface area contributed by atoms with Crippen LogP contribution >= 0.6 is 0 Å². The number of carbonyl (C=O) groups is 1. The lowest BCUT2D eigenvalue weighted by Crippen LogP contribution is -2.08. The van der Waals surface area contributed by atoms with Gasteiger partial charge in [-0.25, -0.2) is 14.7 Å². The van der Waals surface area contributed by atoms with Crippen molar-refractivity contribution in [3.63, 3.8) is 0 Å². The van der Waals surface area contributed by atoms with E-state index in [-0.39, 0.29) is 21.9 Å². The Morgan fingerprint density at radius 2 is 1.70 bits per heavy atom. The number of hydrogen-bond donors (Lipinski definition) is 0. The number of nitrogens with zero attached hydrogens (tertiary/aromatic N) is 1. The van der Waals surface area contributed by atoms with Gasteiger partial charge >= 0.3 is 16.1 Å². The summed E-state index contributed by atoms with van der Waals surface area (Å²) in [6.07, 6.45) is 0. The molecule has 0 spiro atoms. The van der Waals surface area contributed by atoms with Crippen molar-refractivity contribution >= 4 is 37.9 Å². The van der Waals surface area contributed by atoms with E-state index in [2.05, 4.69) is 14.3 Å². The van der Waals surface area contributed by atoms with Crippen molar-refractivity contribution in [1.82, 2.24) is 4.98 Å². The van der Waals surface area contributed by atoms with Crippen LogP contribution in [0.1, 0.15) is 10.4 Å². The first-order valence-corrected chi connectivity index (χ1v) is 7.60. The summed E-state index contributed by atoms with van der Waals surface area (Å²) in [5, 5.41) is -0.129. The van der Waals surface area contributed by atoms with Gasteiger partial charge in [-0.2, -0.15) is 8.42 Å². The number of fused-ring (bicyclic) bond motifs is 2. The first-order chi connectivity index (χ1) is 11.0. The quantitative estimate of drug-likeness (QED) is 0.682. The second-order valence-corrected chi connectivity index (χ2v) is 6.01.